The van der Waals surface area contributed by atoms with Gasteiger partial charge >= 0.3 is 0 Å². The molecule has 0 bridgehead atoms. The highest BCUT2D eigenvalue weighted by Gasteiger charge is 2.23. The van der Waals surface area contributed by atoms with Gasteiger partial charge in [-0.15, -0.1) is 0 Å². The van der Waals surface area contributed by atoms with Gasteiger partial charge in [0.1, 0.15) is 6.61 Å². The Morgan fingerprint density at radius 3 is 2.65 bits per heavy atom. The van der Waals surface area contributed by atoms with Gasteiger partial charge in [0.05, 0.1) is 11.8 Å². The first kappa shape index (κ1) is 16.0. The summed E-state index contributed by atoms with van der Waals surface area (Å²) in [6, 6.07) is 6.77. The molecule has 0 radical (unpaired) electrons. The average molecular weight is 292 g/mol. The number of hydrogen-bond acceptors (Lipinski definition) is 4. The molecule has 0 aromatic heterocycles. The Kier molecular flexibility index (Phi) is 5.57. The normalized spacial score (nSPS) is 11.9. The van der Waals surface area contributed by atoms with E-state index in [2.05, 4.69) is 16.6 Å². The molecule has 1 aromatic carbocycles. The predicted octanol–water partition coefficient (Wildman–Crippen LogP) is 1.38. The van der Waals surface area contributed by atoms with Gasteiger partial charge in [0.2, 0.25) is 10.0 Å². The summed E-state index contributed by atoms with van der Waals surface area (Å²) < 4.78 is 26.4. The van der Waals surface area contributed by atoms with Crippen LogP contribution in [0.3, 0.4) is 0 Å². The second-order valence-electron chi connectivity index (χ2n) is 4.22. The third kappa shape index (κ3) is 4.27. The van der Waals surface area contributed by atoms with E-state index in [-0.39, 0.29) is 13.0 Å². The molecule has 106 valence electrons. The lowest BCUT2D eigenvalue weighted by Gasteiger charge is -2.12. The van der Waals surface area contributed by atoms with Crippen molar-refractivity contribution in [2.24, 2.45) is 0 Å². The molecule has 1 aromatic rings. The molecule has 0 heterocycles. The lowest BCUT2D eigenvalue weighted by molar-refractivity contribution is 0.350. The first-order valence-corrected chi connectivity index (χ1v) is 7.60. The molecule has 1 atom stereocenters. The number of nitrogens with one attached hydrogen (secondary N) is 1. The van der Waals surface area contributed by atoms with Crippen molar-refractivity contribution >= 4 is 15.7 Å². The van der Waals surface area contributed by atoms with Crippen LogP contribution in [0.4, 0.5) is 5.69 Å². The minimum atomic E-state index is -3.74. The minimum Gasteiger partial charge on any atom is -0.384 e. The summed E-state index contributed by atoms with van der Waals surface area (Å²) >= 11 is 0. The molecule has 5 nitrogen and oxygen atoms in total. The zero-order valence-electron chi connectivity index (χ0n) is 11.3. The monoisotopic (exact) mass is 292 g/mol. The van der Waals surface area contributed by atoms with Crippen LogP contribution in [0.2, 0.25) is 0 Å². The van der Waals surface area contributed by atoms with Crippen molar-refractivity contribution in [3.05, 3.63) is 29.3 Å². The topological polar surface area (TPSA) is 90.2 Å². The third-order valence-electron chi connectivity index (χ3n) is 2.54. The number of nitrogens with zero attached hydrogens (tertiary/aromatic N) is 1. The van der Waals surface area contributed by atoms with E-state index in [4.69, 9.17) is 10.4 Å². The Bertz CT molecular complexity index is 679. The minimum absolute atomic E-state index is 0.217. The molecule has 0 aliphatic carbocycles. The fourth-order valence-corrected chi connectivity index (χ4v) is 2.84. The summed E-state index contributed by atoms with van der Waals surface area (Å²) in [5.41, 5.74) is 1.79. The Morgan fingerprint density at radius 1 is 1.40 bits per heavy atom. The summed E-state index contributed by atoms with van der Waals surface area (Å²) in [4.78, 5) is 0. The maximum absolute atomic E-state index is 12.0. The molecule has 0 amide bonds. The molecule has 2 N–H and O–H groups in total. The molecule has 6 heteroatoms. The smallest absolute Gasteiger partial charge is 0.249 e. The van der Waals surface area contributed by atoms with Crippen LogP contribution >= 0.6 is 0 Å². The van der Waals surface area contributed by atoms with Gasteiger partial charge in [-0.2, -0.15) is 5.26 Å². The van der Waals surface area contributed by atoms with Crippen molar-refractivity contribution in [3.8, 4) is 17.9 Å². The van der Waals surface area contributed by atoms with Gasteiger partial charge in [-0.25, -0.2) is 8.42 Å². The van der Waals surface area contributed by atoms with Gasteiger partial charge < -0.3 is 5.11 Å². The van der Waals surface area contributed by atoms with Gasteiger partial charge in [0.15, 0.2) is 5.25 Å². The number of aliphatic hydroxyl groups excluding tert-OH is 1. The SMILES string of the molecule is CCC(C#N)S(=O)(=O)Nc1cc(C)cc(C#CCO)c1. The van der Waals surface area contributed by atoms with Gasteiger partial charge in [-0.3, -0.25) is 4.72 Å². The van der Waals surface area contributed by atoms with E-state index in [0.717, 1.165) is 5.56 Å². The van der Waals surface area contributed by atoms with Crippen LogP contribution in [-0.2, 0) is 10.0 Å². The third-order valence-corrected chi connectivity index (χ3v) is 4.25. The number of anilines is 1. The molecule has 20 heavy (non-hydrogen) atoms. The number of aliphatic hydroxyl groups is 1. The quantitative estimate of drug-likeness (QED) is 0.820. The number of sulfonamides is 1. The number of rotatable bonds is 4. The molecular formula is C14H16N2O3S. The van der Waals surface area contributed by atoms with Crippen molar-refractivity contribution in [1.29, 1.82) is 5.26 Å². The fraction of sp³-hybridized carbons (Fsp3) is 0.357. The lowest BCUT2D eigenvalue weighted by atomic mass is 10.1. The standard InChI is InChI=1S/C14H16N2O3S/c1-3-14(10-15)20(18,19)16-13-8-11(2)7-12(9-13)5-4-6-17/h7-9,14,16-17H,3,6H2,1-2H3. The maximum Gasteiger partial charge on any atom is 0.249 e. The van der Waals surface area contributed by atoms with Crippen LogP contribution in [0.25, 0.3) is 0 Å². The van der Waals surface area contributed by atoms with Crippen molar-refractivity contribution in [2.45, 2.75) is 25.5 Å². The van der Waals surface area contributed by atoms with E-state index in [0.29, 0.717) is 11.3 Å². The molecule has 0 saturated heterocycles. The zero-order chi connectivity index (χ0) is 15.2. The van der Waals surface area contributed by atoms with Gasteiger partial charge in [0.25, 0.3) is 0 Å². The summed E-state index contributed by atoms with van der Waals surface area (Å²) in [7, 11) is -3.74. The van der Waals surface area contributed by atoms with E-state index >= 15 is 0 Å². The largest absolute Gasteiger partial charge is 0.384 e. The Morgan fingerprint density at radius 2 is 2.10 bits per heavy atom. The van der Waals surface area contributed by atoms with E-state index in [1.165, 1.54) is 0 Å². The summed E-state index contributed by atoms with van der Waals surface area (Å²) in [6.45, 7) is 3.19. The maximum atomic E-state index is 12.0. The summed E-state index contributed by atoms with van der Waals surface area (Å²) in [5.74, 6) is 5.22. The first-order valence-electron chi connectivity index (χ1n) is 6.05. The molecule has 1 unspecified atom stereocenters. The van der Waals surface area contributed by atoms with Gasteiger partial charge in [-0.05, 0) is 37.1 Å². The number of nitriles is 1. The average Bonchev–Trinajstić information content (AvgIpc) is 2.36. The second-order valence-corrected chi connectivity index (χ2v) is 6.08. The Balaban J connectivity index is 3.10. The number of aryl methyl sites for hydroxylation is 1. The number of benzene rings is 1. The van der Waals surface area contributed by atoms with E-state index in [1.807, 2.05) is 6.92 Å². The molecule has 0 aliphatic rings. The van der Waals surface area contributed by atoms with Crippen LogP contribution in [0, 0.1) is 30.1 Å². The van der Waals surface area contributed by atoms with Crippen LogP contribution in [-0.4, -0.2) is 25.4 Å². The molecular weight excluding hydrogens is 276 g/mol. The van der Waals surface area contributed by atoms with Crippen LogP contribution in [0.5, 0.6) is 0 Å². The van der Waals surface area contributed by atoms with E-state index in [9.17, 15) is 8.42 Å². The molecule has 0 spiro atoms. The van der Waals surface area contributed by atoms with Crippen LogP contribution in [0.15, 0.2) is 18.2 Å². The highest BCUT2D eigenvalue weighted by atomic mass is 32.2. The molecule has 0 saturated carbocycles. The van der Waals surface area contributed by atoms with Crippen molar-refractivity contribution in [3.63, 3.8) is 0 Å². The predicted molar refractivity (Wildman–Crippen MR) is 77.4 cm³/mol. The molecule has 0 aliphatic heterocycles. The van der Waals surface area contributed by atoms with Crippen molar-refractivity contribution < 1.29 is 13.5 Å². The van der Waals surface area contributed by atoms with Crippen molar-refractivity contribution in [1.82, 2.24) is 0 Å². The Hall–Kier alpha value is -2.02. The lowest BCUT2D eigenvalue weighted by Crippen LogP contribution is -2.26. The van der Waals surface area contributed by atoms with Crippen LogP contribution < -0.4 is 4.72 Å². The van der Waals surface area contributed by atoms with Gasteiger partial charge in [0, 0.05) is 5.56 Å². The van der Waals surface area contributed by atoms with E-state index in [1.54, 1.807) is 31.2 Å². The van der Waals surface area contributed by atoms with Crippen molar-refractivity contribution in [2.75, 3.05) is 11.3 Å². The highest BCUT2D eigenvalue weighted by Crippen LogP contribution is 2.17. The molecule has 1 rings (SSSR count). The fourth-order valence-electron chi connectivity index (χ4n) is 1.67. The van der Waals surface area contributed by atoms with Crippen LogP contribution in [0.1, 0.15) is 24.5 Å². The summed E-state index contributed by atoms with van der Waals surface area (Å²) in [6.07, 6.45) is 0.217. The number of hydrogen-bond donors (Lipinski definition) is 2. The van der Waals surface area contributed by atoms with E-state index < -0.39 is 15.3 Å². The summed E-state index contributed by atoms with van der Waals surface area (Å²) in [5, 5.41) is 16.4. The highest BCUT2D eigenvalue weighted by molar-refractivity contribution is 7.93. The van der Waals surface area contributed by atoms with Gasteiger partial charge in [-0.1, -0.05) is 18.8 Å². The first-order chi connectivity index (χ1) is 9.42. The Labute approximate surface area is 119 Å². The zero-order valence-corrected chi connectivity index (χ0v) is 12.2. The molecule has 0 fully saturated rings. The second kappa shape index (κ2) is 6.95.